The molecule has 0 saturated heterocycles. The Bertz CT molecular complexity index is 261. The molecule has 0 bridgehead atoms. The van der Waals surface area contributed by atoms with Crippen molar-refractivity contribution in [2.24, 2.45) is 5.92 Å². The Morgan fingerprint density at radius 2 is 2.33 bits per heavy atom. The van der Waals surface area contributed by atoms with Crippen LogP contribution in [0, 0.1) is 5.92 Å². The summed E-state index contributed by atoms with van der Waals surface area (Å²) in [6.45, 7) is 4.37. The van der Waals surface area contributed by atoms with Gasteiger partial charge in [-0.15, -0.1) is 0 Å². The molecule has 1 fully saturated rings. The molecule has 2 nitrogen and oxygen atoms in total. The van der Waals surface area contributed by atoms with Gasteiger partial charge in [0.15, 0.2) is 0 Å². The van der Waals surface area contributed by atoms with Crippen LogP contribution in [0.25, 0.3) is 0 Å². The third-order valence-electron chi connectivity index (χ3n) is 2.48. The van der Waals surface area contributed by atoms with Crippen molar-refractivity contribution in [3.8, 4) is 0 Å². The summed E-state index contributed by atoms with van der Waals surface area (Å²) in [5.41, 5.74) is 2.48. The van der Waals surface area contributed by atoms with E-state index in [9.17, 15) is 0 Å². The first-order valence-corrected chi connectivity index (χ1v) is 4.70. The molecule has 1 aromatic heterocycles. The molecular formula is C10H15NO. The van der Waals surface area contributed by atoms with Crippen LogP contribution < -0.4 is 0 Å². The van der Waals surface area contributed by atoms with Gasteiger partial charge in [0, 0.05) is 5.56 Å². The summed E-state index contributed by atoms with van der Waals surface area (Å²) in [7, 11) is 0. The van der Waals surface area contributed by atoms with Gasteiger partial charge in [-0.05, 0) is 31.1 Å². The van der Waals surface area contributed by atoms with Crippen LogP contribution in [0.5, 0.6) is 0 Å². The zero-order valence-electron chi connectivity index (χ0n) is 7.71. The quantitative estimate of drug-likeness (QED) is 0.688. The summed E-state index contributed by atoms with van der Waals surface area (Å²) in [5, 5.41) is 4.04. The fourth-order valence-corrected chi connectivity index (χ4v) is 1.49. The molecule has 0 radical (unpaired) electrons. The molecular weight excluding hydrogens is 150 g/mol. The van der Waals surface area contributed by atoms with E-state index in [1.54, 1.807) is 6.26 Å². The van der Waals surface area contributed by atoms with Crippen LogP contribution in [-0.4, -0.2) is 5.16 Å². The average molecular weight is 165 g/mol. The molecule has 2 rings (SSSR count). The highest BCUT2D eigenvalue weighted by Crippen LogP contribution is 2.34. The second-order valence-electron chi connectivity index (χ2n) is 4.02. The van der Waals surface area contributed by atoms with E-state index in [4.69, 9.17) is 4.52 Å². The fraction of sp³-hybridized carbons (Fsp3) is 0.700. The van der Waals surface area contributed by atoms with E-state index in [2.05, 4.69) is 19.0 Å². The van der Waals surface area contributed by atoms with Gasteiger partial charge in [0.2, 0.25) is 0 Å². The van der Waals surface area contributed by atoms with E-state index in [1.165, 1.54) is 24.1 Å². The second-order valence-corrected chi connectivity index (χ2v) is 4.02. The van der Waals surface area contributed by atoms with Crippen LogP contribution in [0.2, 0.25) is 0 Å². The molecule has 0 amide bonds. The summed E-state index contributed by atoms with van der Waals surface area (Å²) in [5.74, 6) is 1.44. The number of nitrogens with zero attached hydrogens (tertiary/aromatic N) is 1. The van der Waals surface area contributed by atoms with Gasteiger partial charge in [0.1, 0.15) is 6.26 Å². The average Bonchev–Trinajstić information content (AvgIpc) is 2.66. The first kappa shape index (κ1) is 7.84. The van der Waals surface area contributed by atoms with E-state index < -0.39 is 0 Å². The zero-order chi connectivity index (χ0) is 8.55. The Morgan fingerprint density at radius 3 is 2.92 bits per heavy atom. The van der Waals surface area contributed by atoms with Crippen molar-refractivity contribution in [1.29, 1.82) is 0 Å². The van der Waals surface area contributed by atoms with Crippen molar-refractivity contribution >= 4 is 0 Å². The first-order chi connectivity index (χ1) is 5.77. The SMILES string of the molecule is CC(C)c1conc1CC1CC1. The van der Waals surface area contributed by atoms with Crippen molar-refractivity contribution in [1.82, 2.24) is 5.16 Å². The summed E-state index contributed by atoms with van der Waals surface area (Å²) in [4.78, 5) is 0. The van der Waals surface area contributed by atoms with Gasteiger partial charge in [-0.25, -0.2) is 0 Å². The molecule has 0 atom stereocenters. The molecule has 0 unspecified atom stereocenters. The van der Waals surface area contributed by atoms with Crippen LogP contribution in [0.3, 0.4) is 0 Å². The number of rotatable bonds is 3. The van der Waals surface area contributed by atoms with Crippen LogP contribution in [0.1, 0.15) is 43.9 Å². The highest BCUT2D eigenvalue weighted by molar-refractivity contribution is 5.19. The van der Waals surface area contributed by atoms with Gasteiger partial charge in [0.05, 0.1) is 5.69 Å². The topological polar surface area (TPSA) is 26.0 Å². The molecule has 1 aromatic rings. The minimum atomic E-state index is 0.546. The van der Waals surface area contributed by atoms with E-state index >= 15 is 0 Å². The Balaban J connectivity index is 2.11. The fourth-order valence-electron chi connectivity index (χ4n) is 1.49. The Morgan fingerprint density at radius 1 is 1.58 bits per heavy atom. The molecule has 1 heterocycles. The van der Waals surface area contributed by atoms with Crippen molar-refractivity contribution in [3.05, 3.63) is 17.5 Å². The normalized spacial score (nSPS) is 17.2. The monoisotopic (exact) mass is 165 g/mol. The van der Waals surface area contributed by atoms with E-state index in [-0.39, 0.29) is 0 Å². The molecule has 0 aliphatic heterocycles. The minimum absolute atomic E-state index is 0.546. The van der Waals surface area contributed by atoms with Crippen LogP contribution >= 0.6 is 0 Å². The summed E-state index contributed by atoms with van der Waals surface area (Å²) >= 11 is 0. The summed E-state index contributed by atoms with van der Waals surface area (Å²) in [6.07, 6.45) is 5.68. The van der Waals surface area contributed by atoms with E-state index in [0.717, 1.165) is 12.3 Å². The third-order valence-corrected chi connectivity index (χ3v) is 2.48. The van der Waals surface area contributed by atoms with Gasteiger partial charge in [-0.1, -0.05) is 19.0 Å². The lowest BCUT2D eigenvalue weighted by molar-refractivity contribution is 0.409. The molecule has 12 heavy (non-hydrogen) atoms. The number of hydrogen-bond donors (Lipinski definition) is 0. The summed E-state index contributed by atoms with van der Waals surface area (Å²) < 4.78 is 4.99. The molecule has 1 aliphatic rings. The number of hydrogen-bond acceptors (Lipinski definition) is 2. The molecule has 1 aliphatic carbocycles. The smallest absolute Gasteiger partial charge is 0.127 e. The standard InChI is InChI=1S/C10H15NO/c1-7(2)9-6-12-11-10(9)5-8-3-4-8/h6-8H,3-5H2,1-2H3. The largest absolute Gasteiger partial charge is 0.364 e. The zero-order valence-corrected chi connectivity index (χ0v) is 7.71. The molecule has 0 spiro atoms. The lowest BCUT2D eigenvalue weighted by Gasteiger charge is -2.01. The Hall–Kier alpha value is -0.790. The van der Waals surface area contributed by atoms with Crippen LogP contribution in [0.4, 0.5) is 0 Å². The first-order valence-electron chi connectivity index (χ1n) is 4.70. The van der Waals surface area contributed by atoms with E-state index in [1.807, 2.05) is 0 Å². The Kier molecular flexibility index (Phi) is 1.91. The van der Waals surface area contributed by atoms with Crippen LogP contribution in [0.15, 0.2) is 10.8 Å². The lowest BCUT2D eigenvalue weighted by atomic mass is 10.0. The maximum Gasteiger partial charge on any atom is 0.127 e. The van der Waals surface area contributed by atoms with Crippen molar-refractivity contribution in [3.63, 3.8) is 0 Å². The second kappa shape index (κ2) is 2.92. The number of aromatic nitrogens is 1. The molecule has 66 valence electrons. The lowest BCUT2D eigenvalue weighted by Crippen LogP contribution is -1.94. The van der Waals surface area contributed by atoms with Gasteiger partial charge in [0.25, 0.3) is 0 Å². The third kappa shape index (κ3) is 1.52. The summed E-state index contributed by atoms with van der Waals surface area (Å²) in [6, 6.07) is 0. The highest BCUT2D eigenvalue weighted by atomic mass is 16.5. The molecule has 0 N–H and O–H groups in total. The maximum atomic E-state index is 4.99. The van der Waals surface area contributed by atoms with Gasteiger partial charge >= 0.3 is 0 Å². The maximum absolute atomic E-state index is 4.99. The van der Waals surface area contributed by atoms with Gasteiger partial charge in [-0.2, -0.15) is 0 Å². The predicted molar refractivity (Wildman–Crippen MR) is 47.0 cm³/mol. The van der Waals surface area contributed by atoms with Crippen molar-refractivity contribution in [2.75, 3.05) is 0 Å². The minimum Gasteiger partial charge on any atom is -0.364 e. The van der Waals surface area contributed by atoms with Crippen LogP contribution in [-0.2, 0) is 6.42 Å². The molecule has 0 aromatic carbocycles. The van der Waals surface area contributed by atoms with E-state index in [0.29, 0.717) is 5.92 Å². The molecule has 2 heteroatoms. The van der Waals surface area contributed by atoms with Gasteiger partial charge < -0.3 is 4.52 Å². The Labute approximate surface area is 72.9 Å². The predicted octanol–water partition coefficient (Wildman–Crippen LogP) is 2.75. The van der Waals surface area contributed by atoms with Crippen molar-refractivity contribution in [2.45, 2.75) is 39.0 Å². The van der Waals surface area contributed by atoms with Gasteiger partial charge in [-0.3, -0.25) is 0 Å². The molecule has 1 saturated carbocycles. The van der Waals surface area contributed by atoms with Crippen molar-refractivity contribution < 1.29 is 4.52 Å². The highest BCUT2D eigenvalue weighted by Gasteiger charge is 2.24.